The van der Waals surface area contributed by atoms with E-state index in [2.05, 4.69) is 10.6 Å². The molecule has 0 spiro atoms. The van der Waals surface area contributed by atoms with Gasteiger partial charge in [0.05, 0.1) is 6.10 Å². The summed E-state index contributed by atoms with van der Waals surface area (Å²) >= 11 is 0. The molecule has 104 valence electrons. The fourth-order valence-electron chi connectivity index (χ4n) is 2.15. The fourth-order valence-corrected chi connectivity index (χ4v) is 2.15. The van der Waals surface area contributed by atoms with Gasteiger partial charge in [-0.15, -0.1) is 0 Å². The van der Waals surface area contributed by atoms with Crippen LogP contribution in [-0.4, -0.2) is 17.2 Å². The van der Waals surface area contributed by atoms with E-state index in [0.29, 0.717) is 0 Å². The molecule has 0 bridgehead atoms. The second kappa shape index (κ2) is 6.06. The average molecular weight is 262 g/mol. The van der Waals surface area contributed by atoms with Crippen LogP contribution in [0.15, 0.2) is 24.3 Å². The van der Waals surface area contributed by atoms with E-state index in [1.165, 1.54) is 12.8 Å². The monoisotopic (exact) mass is 262 g/mol. The molecule has 0 heterocycles. The number of aliphatic hydroxyl groups is 1. The quantitative estimate of drug-likeness (QED) is 0.763. The van der Waals surface area contributed by atoms with Crippen molar-refractivity contribution < 1.29 is 9.90 Å². The molecule has 1 aliphatic rings. The van der Waals surface area contributed by atoms with E-state index in [1.807, 2.05) is 19.1 Å². The van der Waals surface area contributed by atoms with E-state index in [-0.39, 0.29) is 12.1 Å². The third-order valence-electron chi connectivity index (χ3n) is 3.41. The van der Waals surface area contributed by atoms with E-state index >= 15 is 0 Å². The SMILES string of the molecule is CC(CC1CC1)NC(=O)Nc1ccc(C(C)O)cc1. The maximum Gasteiger partial charge on any atom is 0.319 e. The molecule has 4 nitrogen and oxygen atoms in total. The Morgan fingerprint density at radius 2 is 1.95 bits per heavy atom. The van der Waals surface area contributed by atoms with Gasteiger partial charge in [0.25, 0.3) is 0 Å². The average Bonchev–Trinajstić information content (AvgIpc) is 3.13. The minimum Gasteiger partial charge on any atom is -0.389 e. The van der Waals surface area contributed by atoms with Gasteiger partial charge in [0.15, 0.2) is 0 Å². The second-order valence-corrected chi connectivity index (χ2v) is 5.48. The Morgan fingerprint density at radius 3 is 2.47 bits per heavy atom. The number of amides is 2. The molecule has 1 aliphatic carbocycles. The number of carbonyl (C=O) groups is 1. The summed E-state index contributed by atoms with van der Waals surface area (Å²) in [6, 6.07) is 7.27. The first-order valence-corrected chi connectivity index (χ1v) is 6.90. The number of carbonyl (C=O) groups excluding carboxylic acids is 1. The zero-order valence-corrected chi connectivity index (χ0v) is 11.5. The molecule has 1 fully saturated rings. The summed E-state index contributed by atoms with van der Waals surface area (Å²) in [4.78, 5) is 11.8. The largest absolute Gasteiger partial charge is 0.389 e. The molecule has 0 aliphatic heterocycles. The van der Waals surface area contributed by atoms with Crippen LogP contribution in [0.4, 0.5) is 10.5 Å². The number of benzene rings is 1. The number of aliphatic hydroxyl groups excluding tert-OH is 1. The summed E-state index contributed by atoms with van der Waals surface area (Å²) in [5.74, 6) is 0.806. The minimum atomic E-state index is -0.485. The van der Waals surface area contributed by atoms with Crippen molar-refractivity contribution in [2.75, 3.05) is 5.32 Å². The van der Waals surface area contributed by atoms with Gasteiger partial charge < -0.3 is 15.7 Å². The number of hydrogen-bond donors (Lipinski definition) is 3. The molecule has 2 rings (SSSR count). The molecular weight excluding hydrogens is 240 g/mol. The van der Waals surface area contributed by atoms with Crippen LogP contribution >= 0.6 is 0 Å². The summed E-state index contributed by atoms with van der Waals surface area (Å²) in [6.45, 7) is 3.75. The fraction of sp³-hybridized carbons (Fsp3) is 0.533. The first-order chi connectivity index (χ1) is 9.04. The van der Waals surface area contributed by atoms with Gasteiger partial charge in [-0.3, -0.25) is 0 Å². The van der Waals surface area contributed by atoms with Crippen molar-refractivity contribution in [2.45, 2.75) is 45.3 Å². The molecule has 2 amide bonds. The predicted octanol–water partition coefficient (Wildman–Crippen LogP) is 3.05. The molecule has 0 aromatic heterocycles. The second-order valence-electron chi connectivity index (χ2n) is 5.48. The van der Waals surface area contributed by atoms with Crippen molar-refractivity contribution in [3.63, 3.8) is 0 Å². The highest BCUT2D eigenvalue weighted by molar-refractivity contribution is 5.89. The van der Waals surface area contributed by atoms with E-state index in [0.717, 1.165) is 23.6 Å². The van der Waals surface area contributed by atoms with E-state index < -0.39 is 6.10 Å². The molecule has 2 unspecified atom stereocenters. The molecule has 0 radical (unpaired) electrons. The van der Waals surface area contributed by atoms with Crippen LogP contribution in [-0.2, 0) is 0 Å². The van der Waals surface area contributed by atoms with Crippen LogP contribution in [0.25, 0.3) is 0 Å². The molecular formula is C15H22N2O2. The number of nitrogens with one attached hydrogen (secondary N) is 2. The van der Waals surface area contributed by atoms with Crippen LogP contribution in [0.3, 0.4) is 0 Å². The van der Waals surface area contributed by atoms with Crippen LogP contribution < -0.4 is 10.6 Å². The van der Waals surface area contributed by atoms with Crippen LogP contribution in [0, 0.1) is 5.92 Å². The van der Waals surface area contributed by atoms with Crippen molar-refractivity contribution in [3.05, 3.63) is 29.8 Å². The lowest BCUT2D eigenvalue weighted by molar-refractivity contribution is 0.199. The summed E-state index contributed by atoms with van der Waals surface area (Å²) in [7, 11) is 0. The standard InChI is InChI=1S/C15H22N2O2/c1-10(9-12-3-4-12)16-15(19)17-14-7-5-13(6-8-14)11(2)18/h5-8,10-12,18H,3-4,9H2,1-2H3,(H2,16,17,19). The van der Waals surface area contributed by atoms with Gasteiger partial charge in [0, 0.05) is 11.7 Å². The Balaban J connectivity index is 1.80. The highest BCUT2D eigenvalue weighted by Gasteiger charge is 2.24. The molecule has 3 N–H and O–H groups in total. The third kappa shape index (κ3) is 4.56. The van der Waals surface area contributed by atoms with E-state index in [4.69, 9.17) is 0 Å². The van der Waals surface area contributed by atoms with Gasteiger partial charge in [0.1, 0.15) is 0 Å². The Bertz CT molecular complexity index is 424. The maximum absolute atomic E-state index is 11.8. The zero-order valence-electron chi connectivity index (χ0n) is 11.5. The summed E-state index contributed by atoms with van der Waals surface area (Å²) in [6.07, 6.45) is 3.18. The molecule has 2 atom stereocenters. The van der Waals surface area contributed by atoms with E-state index in [9.17, 15) is 9.90 Å². The molecule has 4 heteroatoms. The number of anilines is 1. The number of urea groups is 1. The Hall–Kier alpha value is -1.55. The first kappa shape index (κ1) is 13.9. The maximum atomic E-state index is 11.8. The van der Waals surface area contributed by atoms with Crippen molar-refractivity contribution >= 4 is 11.7 Å². The van der Waals surface area contributed by atoms with Crippen LogP contribution in [0.2, 0.25) is 0 Å². The van der Waals surface area contributed by atoms with Crippen molar-refractivity contribution in [3.8, 4) is 0 Å². The number of rotatable bonds is 5. The van der Waals surface area contributed by atoms with Gasteiger partial charge in [-0.1, -0.05) is 25.0 Å². The lowest BCUT2D eigenvalue weighted by Crippen LogP contribution is -2.36. The van der Waals surface area contributed by atoms with Crippen LogP contribution in [0.5, 0.6) is 0 Å². The normalized spacial score (nSPS) is 17.6. The zero-order chi connectivity index (χ0) is 13.8. The summed E-state index contributed by atoms with van der Waals surface area (Å²) in [5.41, 5.74) is 1.58. The topological polar surface area (TPSA) is 61.4 Å². The van der Waals surface area contributed by atoms with Gasteiger partial charge >= 0.3 is 6.03 Å². The highest BCUT2D eigenvalue weighted by Crippen LogP contribution is 2.33. The van der Waals surface area contributed by atoms with Gasteiger partial charge in [-0.05, 0) is 43.9 Å². The molecule has 1 saturated carbocycles. The molecule has 19 heavy (non-hydrogen) atoms. The Morgan fingerprint density at radius 1 is 1.32 bits per heavy atom. The van der Waals surface area contributed by atoms with E-state index in [1.54, 1.807) is 19.1 Å². The van der Waals surface area contributed by atoms with Crippen molar-refractivity contribution in [1.29, 1.82) is 0 Å². The van der Waals surface area contributed by atoms with Gasteiger partial charge in [-0.25, -0.2) is 4.79 Å². The molecule has 1 aromatic carbocycles. The Kier molecular flexibility index (Phi) is 4.43. The lowest BCUT2D eigenvalue weighted by atomic mass is 10.1. The lowest BCUT2D eigenvalue weighted by Gasteiger charge is -2.14. The smallest absolute Gasteiger partial charge is 0.319 e. The first-order valence-electron chi connectivity index (χ1n) is 6.90. The summed E-state index contributed by atoms with van der Waals surface area (Å²) < 4.78 is 0. The predicted molar refractivity (Wildman–Crippen MR) is 76.0 cm³/mol. The van der Waals surface area contributed by atoms with Crippen molar-refractivity contribution in [1.82, 2.24) is 5.32 Å². The summed E-state index contributed by atoms with van der Waals surface area (Å²) in [5, 5.41) is 15.1. The number of hydrogen-bond acceptors (Lipinski definition) is 2. The van der Waals surface area contributed by atoms with Crippen molar-refractivity contribution in [2.24, 2.45) is 5.92 Å². The molecule has 0 saturated heterocycles. The van der Waals surface area contributed by atoms with Gasteiger partial charge in [-0.2, -0.15) is 0 Å². The van der Waals surface area contributed by atoms with Crippen LogP contribution in [0.1, 0.15) is 44.8 Å². The third-order valence-corrected chi connectivity index (χ3v) is 3.41. The highest BCUT2D eigenvalue weighted by atomic mass is 16.3. The Labute approximate surface area is 114 Å². The minimum absolute atomic E-state index is 0.169. The molecule has 1 aromatic rings. The van der Waals surface area contributed by atoms with Gasteiger partial charge in [0.2, 0.25) is 0 Å².